The molecule has 2 unspecified atom stereocenters. The third-order valence-corrected chi connectivity index (χ3v) is 1.11. The minimum absolute atomic E-state index is 0.392. The highest BCUT2D eigenvalue weighted by Gasteiger charge is 2.22. The van der Waals surface area contributed by atoms with E-state index in [1.54, 1.807) is 0 Å². The van der Waals surface area contributed by atoms with E-state index in [1.165, 1.54) is 0 Å². The Balaban J connectivity index is 1.81. The van der Waals surface area contributed by atoms with Crippen molar-refractivity contribution in [3.05, 3.63) is 6.92 Å². The van der Waals surface area contributed by atoms with E-state index >= 15 is 0 Å². The summed E-state index contributed by atoms with van der Waals surface area (Å²) in [6.45, 7) is 8.21. The van der Waals surface area contributed by atoms with Gasteiger partial charge in [0, 0.05) is 6.61 Å². The Labute approximate surface area is 56.2 Å². The van der Waals surface area contributed by atoms with E-state index in [0.29, 0.717) is 12.0 Å². The highest BCUT2D eigenvalue weighted by molar-refractivity contribution is 4.67. The molecule has 1 aliphatic rings. The van der Waals surface area contributed by atoms with E-state index in [1.807, 2.05) is 6.92 Å². The van der Waals surface area contributed by atoms with Crippen molar-refractivity contribution in [1.29, 1.82) is 0 Å². The maximum absolute atomic E-state index is 5.23. The van der Waals surface area contributed by atoms with Gasteiger partial charge in [-0.1, -0.05) is 6.92 Å². The van der Waals surface area contributed by atoms with Gasteiger partial charge in [0.05, 0.1) is 13.2 Å². The Bertz CT molecular complexity index is 75.0. The zero-order valence-corrected chi connectivity index (χ0v) is 5.80. The van der Waals surface area contributed by atoms with E-state index < -0.39 is 0 Å². The summed E-state index contributed by atoms with van der Waals surface area (Å²) >= 11 is 0. The molecule has 0 amide bonds. The van der Waals surface area contributed by atoms with Crippen LogP contribution in [-0.4, -0.2) is 25.9 Å². The molecular weight excluding hydrogens is 116 g/mol. The van der Waals surface area contributed by atoms with Crippen LogP contribution in [0.3, 0.4) is 0 Å². The summed E-state index contributed by atoms with van der Waals surface area (Å²) in [6, 6.07) is 0. The topological polar surface area (TPSA) is 21.8 Å². The first-order valence-corrected chi connectivity index (χ1v) is 3.31. The zero-order chi connectivity index (χ0) is 6.69. The molecule has 0 aliphatic carbocycles. The smallest absolute Gasteiger partial charge is 0.104 e. The molecule has 9 heavy (non-hydrogen) atoms. The van der Waals surface area contributed by atoms with E-state index in [4.69, 9.17) is 9.47 Å². The minimum Gasteiger partial charge on any atom is -0.378 e. The summed E-state index contributed by atoms with van der Waals surface area (Å²) in [4.78, 5) is 0. The van der Waals surface area contributed by atoms with Crippen LogP contribution in [0.25, 0.3) is 0 Å². The lowest BCUT2D eigenvalue weighted by Gasteiger charge is -2.03. The predicted octanol–water partition coefficient (Wildman–Crippen LogP) is 0.872. The number of rotatable bonds is 4. The second kappa shape index (κ2) is 3.18. The predicted molar refractivity (Wildman–Crippen MR) is 35.1 cm³/mol. The van der Waals surface area contributed by atoms with Gasteiger partial charge in [0.25, 0.3) is 0 Å². The first-order valence-electron chi connectivity index (χ1n) is 3.31. The fourth-order valence-electron chi connectivity index (χ4n) is 0.565. The van der Waals surface area contributed by atoms with Crippen molar-refractivity contribution in [3.8, 4) is 0 Å². The summed E-state index contributed by atoms with van der Waals surface area (Å²) in [5.41, 5.74) is 0. The van der Waals surface area contributed by atoms with Crippen molar-refractivity contribution in [1.82, 2.24) is 0 Å². The molecule has 0 N–H and O–H groups in total. The standard InChI is InChI=1S/C7H13O2/c1-6(2)3-8-4-7-5-9-7/h6-7H,1,3-5H2,2H3. The first-order chi connectivity index (χ1) is 4.29. The highest BCUT2D eigenvalue weighted by Crippen LogP contribution is 2.08. The number of hydrogen-bond acceptors (Lipinski definition) is 2. The molecule has 2 heteroatoms. The second-order valence-corrected chi connectivity index (χ2v) is 2.60. The fourth-order valence-corrected chi connectivity index (χ4v) is 0.565. The van der Waals surface area contributed by atoms with E-state index in [-0.39, 0.29) is 0 Å². The molecule has 2 atom stereocenters. The summed E-state index contributed by atoms with van der Waals surface area (Å²) in [6.07, 6.45) is 0.392. The van der Waals surface area contributed by atoms with E-state index in [0.717, 1.165) is 19.8 Å². The fraction of sp³-hybridized carbons (Fsp3) is 0.857. The zero-order valence-electron chi connectivity index (χ0n) is 5.80. The van der Waals surface area contributed by atoms with Crippen LogP contribution in [0.4, 0.5) is 0 Å². The van der Waals surface area contributed by atoms with Crippen molar-refractivity contribution in [2.24, 2.45) is 5.92 Å². The molecule has 0 spiro atoms. The lowest BCUT2D eigenvalue weighted by atomic mass is 10.2. The monoisotopic (exact) mass is 129 g/mol. The van der Waals surface area contributed by atoms with Crippen LogP contribution < -0.4 is 0 Å². The molecule has 1 rings (SSSR count). The Morgan fingerprint density at radius 3 is 3.00 bits per heavy atom. The molecular formula is C7H13O2. The van der Waals surface area contributed by atoms with Crippen LogP contribution in [0.1, 0.15) is 6.92 Å². The van der Waals surface area contributed by atoms with Crippen LogP contribution >= 0.6 is 0 Å². The van der Waals surface area contributed by atoms with Crippen molar-refractivity contribution in [2.75, 3.05) is 19.8 Å². The quantitative estimate of drug-likeness (QED) is 0.525. The lowest BCUT2D eigenvalue weighted by Crippen LogP contribution is -2.06. The molecule has 1 saturated heterocycles. The minimum atomic E-state index is 0.392. The van der Waals surface area contributed by atoms with Gasteiger partial charge in [-0.25, -0.2) is 0 Å². The van der Waals surface area contributed by atoms with Crippen molar-refractivity contribution in [3.63, 3.8) is 0 Å². The SMILES string of the molecule is [CH2]C(C)COCC1CO1. The van der Waals surface area contributed by atoms with Gasteiger partial charge < -0.3 is 9.47 Å². The van der Waals surface area contributed by atoms with Gasteiger partial charge in [-0.15, -0.1) is 0 Å². The van der Waals surface area contributed by atoms with E-state index in [2.05, 4.69) is 6.92 Å². The maximum atomic E-state index is 5.23. The van der Waals surface area contributed by atoms with Gasteiger partial charge in [0.15, 0.2) is 0 Å². The Hall–Kier alpha value is -0.0800. The molecule has 0 aromatic carbocycles. The molecule has 0 aromatic rings. The molecule has 0 bridgehead atoms. The van der Waals surface area contributed by atoms with Gasteiger partial charge in [0.1, 0.15) is 6.10 Å². The summed E-state index contributed by atoms with van der Waals surface area (Å²) in [7, 11) is 0. The number of epoxide rings is 1. The molecule has 2 nitrogen and oxygen atoms in total. The first kappa shape index (κ1) is 7.03. The Kier molecular flexibility index (Phi) is 2.49. The maximum Gasteiger partial charge on any atom is 0.104 e. The van der Waals surface area contributed by atoms with E-state index in [9.17, 15) is 0 Å². The van der Waals surface area contributed by atoms with Crippen LogP contribution in [0.5, 0.6) is 0 Å². The molecule has 1 fully saturated rings. The molecule has 1 heterocycles. The van der Waals surface area contributed by atoms with Gasteiger partial charge in [-0.3, -0.25) is 0 Å². The largest absolute Gasteiger partial charge is 0.378 e. The second-order valence-electron chi connectivity index (χ2n) is 2.60. The lowest BCUT2D eigenvalue weighted by molar-refractivity contribution is 0.101. The van der Waals surface area contributed by atoms with Gasteiger partial charge in [-0.2, -0.15) is 0 Å². The van der Waals surface area contributed by atoms with Gasteiger partial charge in [0.2, 0.25) is 0 Å². The summed E-state index contributed by atoms with van der Waals surface area (Å²) in [5.74, 6) is 0.392. The Morgan fingerprint density at radius 1 is 1.89 bits per heavy atom. The number of hydrogen-bond donors (Lipinski definition) is 0. The Morgan fingerprint density at radius 2 is 2.56 bits per heavy atom. The third kappa shape index (κ3) is 3.49. The normalized spacial score (nSPS) is 25.0. The molecule has 53 valence electrons. The van der Waals surface area contributed by atoms with Gasteiger partial charge >= 0.3 is 0 Å². The third-order valence-electron chi connectivity index (χ3n) is 1.11. The molecule has 0 aromatic heterocycles. The van der Waals surface area contributed by atoms with Crippen molar-refractivity contribution < 1.29 is 9.47 Å². The average Bonchev–Trinajstić information content (AvgIpc) is 2.48. The summed E-state index contributed by atoms with van der Waals surface area (Å²) < 4.78 is 10.2. The highest BCUT2D eigenvalue weighted by atomic mass is 16.6. The van der Waals surface area contributed by atoms with Crippen LogP contribution in [0.15, 0.2) is 0 Å². The van der Waals surface area contributed by atoms with Crippen LogP contribution in [0, 0.1) is 12.8 Å². The van der Waals surface area contributed by atoms with Crippen LogP contribution in [0.2, 0.25) is 0 Å². The number of ether oxygens (including phenoxy) is 2. The van der Waals surface area contributed by atoms with Crippen LogP contribution in [-0.2, 0) is 9.47 Å². The van der Waals surface area contributed by atoms with Crippen molar-refractivity contribution >= 4 is 0 Å². The molecule has 0 saturated carbocycles. The summed E-state index contributed by atoms with van der Waals surface area (Å²) in [5, 5.41) is 0. The molecule has 1 radical (unpaired) electrons. The molecule has 1 aliphatic heterocycles. The van der Waals surface area contributed by atoms with Crippen molar-refractivity contribution in [2.45, 2.75) is 13.0 Å². The van der Waals surface area contributed by atoms with Gasteiger partial charge in [-0.05, 0) is 12.8 Å². The average molecular weight is 129 g/mol.